The molecule has 1 heterocycles. The third-order valence-electron chi connectivity index (χ3n) is 1.59. The molecule has 0 aliphatic carbocycles. The van der Waals surface area contributed by atoms with Crippen molar-refractivity contribution in [2.24, 2.45) is 0 Å². The van der Waals surface area contributed by atoms with E-state index in [9.17, 15) is 13.6 Å². The van der Waals surface area contributed by atoms with Crippen molar-refractivity contribution < 1.29 is 13.6 Å². The predicted molar refractivity (Wildman–Crippen MR) is 47.0 cm³/mol. The van der Waals surface area contributed by atoms with Crippen molar-refractivity contribution in [2.75, 3.05) is 0 Å². The molecule has 0 unspecified atom stereocenters. The number of pyridine rings is 1. The van der Waals surface area contributed by atoms with Gasteiger partial charge in [-0.1, -0.05) is 0 Å². The van der Waals surface area contributed by atoms with Gasteiger partial charge in [0, 0.05) is 11.3 Å². The van der Waals surface area contributed by atoms with Crippen LogP contribution in [0.25, 0.3) is 0 Å². The van der Waals surface area contributed by atoms with Crippen LogP contribution in [0, 0.1) is 6.92 Å². The molecule has 0 fully saturated rings. The lowest BCUT2D eigenvalue weighted by molar-refractivity contribution is 0.112. The number of alkyl halides is 2. The molecule has 0 radical (unpaired) electrons. The topological polar surface area (TPSA) is 30.0 Å². The number of aromatic nitrogens is 1. The summed E-state index contributed by atoms with van der Waals surface area (Å²) in [6, 6.07) is 1.14. The van der Waals surface area contributed by atoms with Gasteiger partial charge in [0.05, 0.1) is 5.56 Å². The minimum atomic E-state index is -2.62. The minimum Gasteiger partial charge on any atom is -0.298 e. The first kappa shape index (κ1) is 10.2. The Hall–Kier alpha value is -0.840. The second kappa shape index (κ2) is 3.91. The molecule has 1 aromatic rings. The highest BCUT2D eigenvalue weighted by molar-refractivity contribution is 9.10. The van der Waals surface area contributed by atoms with Gasteiger partial charge in [0.25, 0.3) is 6.43 Å². The number of halogens is 3. The average molecular weight is 250 g/mol. The Balaban J connectivity index is 3.30. The Morgan fingerprint density at radius 3 is 2.69 bits per heavy atom. The number of carbonyl (C=O) groups is 1. The number of hydrogen-bond acceptors (Lipinski definition) is 2. The predicted octanol–water partition coefficient (Wildman–Crippen LogP) is 2.90. The Labute approximate surface area is 82.1 Å². The van der Waals surface area contributed by atoms with Crippen molar-refractivity contribution >= 4 is 22.2 Å². The highest BCUT2D eigenvalue weighted by Crippen LogP contribution is 2.27. The van der Waals surface area contributed by atoms with Gasteiger partial charge < -0.3 is 0 Å². The second-order valence-electron chi connectivity index (χ2n) is 2.46. The third-order valence-corrected chi connectivity index (χ3v) is 2.23. The van der Waals surface area contributed by atoms with E-state index in [1.165, 1.54) is 0 Å². The monoisotopic (exact) mass is 249 g/mol. The molecule has 1 rings (SSSR count). The maximum Gasteiger partial charge on any atom is 0.266 e. The summed E-state index contributed by atoms with van der Waals surface area (Å²) in [6.07, 6.45) is -2.11. The van der Waals surface area contributed by atoms with Crippen molar-refractivity contribution in [3.8, 4) is 0 Å². The zero-order chi connectivity index (χ0) is 10.0. The van der Waals surface area contributed by atoms with E-state index in [4.69, 9.17) is 0 Å². The molecule has 0 aromatic carbocycles. The highest BCUT2D eigenvalue weighted by Gasteiger charge is 2.14. The van der Waals surface area contributed by atoms with E-state index < -0.39 is 6.43 Å². The van der Waals surface area contributed by atoms with E-state index in [1.54, 1.807) is 6.92 Å². The molecule has 2 nitrogen and oxygen atoms in total. The maximum absolute atomic E-state index is 12.3. The molecule has 0 spiro atoms. The lowest BCUT2D eigenvalue weighted by Gasteiger charge is -2.05. The zero-order valence-corrected chi connectivity index (χ0v) is 8.31. The molecule has 0 saturated carbocycles. The molecular formula is C8H6BrF2NO. The second-order valence-corrected chi connectivity index (χ2v) is 3.21. The fraction of sp³-hybridized carbons (Fsp3) is 0.250. The normalized spacial score (nSPS) is 10.5. The van der Waals surface area contributed by atoms with Crippen LogP contribution in [0.4, 0.5) is 8.78 Å². The molecule has 13 heavy (non-hydrogen) atoms. The summed E-state index contributed by atoms with van der Waals surface area (Å²) in [4.78, 5) is 14.2. The van der Waals surface area contributed by atoms with E-state index in [0.29, 0.717) is 12.0 Å². The fourth-order valence-electron chi connectivity index (χ4n) is 0.880. The molecular weight excluding hydrogens is 244 g/mol. The maximum atomic E-state index is 12.3. The lowest BCUT2D eigenvalue weighted by atomic mass is 10.1. The van der Waals surface area contributed by atoms with Gasteiger partial charge in [0.2, 0.25) is 0 Å². The van der Waals surface area contributed by atoms with Gasteiger partial charge in [-0.05, 0) is 28.9 Å². The minimum absolute atomic E-state index is 0.0885. The van der Waals surface area contributed by atoms with Crippen LogP contribution in [0.5, 0.6) is 0 Å². The fourth-order valence-corrected chi connectivity index (χ4v) is 1.43. The summed E-state index contributed by atoms with van der Waals surface area (Å²) in [6.45, 7) is 1.59. The molecule has 0 amide bonds. The van der Waals surface area contributed by atoms with Crippen LogP contribution in [0.3, 0.4) is 0 Å². The standard InChI is InChI=1S/C8H6BrF2NO/c1-4-5(3-13)2-6(8(10)11)7(9)12-4/h2-3,8H,1H3. The van der Waals surface area contributed by atoms with Gasteiger partial charge in [0.15, 0.2) is 6.29 Å². The summed E-state index contributed by atoms with van der Waals surface area (Å²) in [5.74, 6) is 0. The lowest BCUT2D eigenvalue weighted by Crippen LogP contribution is -1.97. The van der Waals surface area contributed by atoms with Crippen LogP contribution in [0.15, 0.2) is 10.7 Å². The van der Waals surface area contributed by atoms with Crippen molar-refractivity contribution in [2.45, 2.75) is 13.3 Å². The molecule has 1 aromatic heterocycles. The van der Waals surface area contributed by atoms with Crippen LogP contribution in [0.2, 0.25) is 0 Å². The number of nitrogens with zero attached hydrogens (tertiary/aromatic N) is 1. The quantitative estimate of drug-likeness (QED) is 0.596. The first-order valence-electron chi connectivity index (χ1n) is 3.46. The van der Waals surface area contributed by atoms with Crippen molar-refractivity contribution in [1.29, 1.82) is 0 Å². The van der Waals surface area contributed by atoms with Crippen molar-refractivity contribution in [3.63, 3.8) is 0 Å². The first-order chi connectivity index (χ1) is 6.06. The average Bonchev–Trinajstić information content (AvgIpc) is 2.03. The zero-order valence-electron chi connectivity index (χ0n) is 6.72. The molecule has 0 saturated heterocycles. The SMILES string of the molecule is Cc1nc(Br)c(C(F)F)cc1C=O. The number of aldehydes is 1. The first-order valence-corrected chi connectivity index (χ1v) is 4.26. The van der Waals surface area contributed by atoms with Crippen LogP contribution >= 0.6 is 15.9 Å². The van der Waals surface area contributed by atoms with E-state index >= 15 is 0 Å². The summed E-state index contributed by atoms with van der Waals surface area (Å²) in [5.41, 5.74) is 0.373. The molecule has 0 aliphatic rings. The Morgan fingerprint density at radius 2 is 2.23 bits per heavy atom. The van der Waals surface area contributed by atoms with Gasteiger partial charge in [-0.15, -0.1) is 0 Å². The van der Waals surface area contributed by atoms with Gasteiger partial charge >= 0.3 is 0 Å². The summed E-state index contributed by atoms with van der Waals surface area (Å²) >= 11 is 2.90. The van der Waals surface area contributed by atoms with Crippen LogP contribution in [0.1, 0.15) is 28.0 Å². The van der Waals surface area contributed by atoms with Crippen LogP contribution in [-0.4, -0.2) is 11.3 Å². The molecule has 0 atom stereocenters. The van der Waals surface area contributed by atoms with Crippen LogP contribution in [-0.2, 0) is 0 Å². The van der Waals surface area contributed by atoms with Gasteiger partial charge in [-0.2, -0.15) is 0 Å². The Bertz CT molecular complexity index is 341. The Morgan fingerprint density at radius 1 is 1.62 bits per heavy atom. The van der Waals surface area contributed by atoms with E-state index in [0.717, 1.165) is 6.07 Å². The van der Waals surface area contributed by atoms with Gasteiger partial charge in [-0.25, -0.2) is 13.8 Å². The molecule has 0 bridgehead atoms. The number of rotatable bonds is 2. The van der Waals surface area contributed by atoms with E-state index in [2.05, 4.69) is 20.9 Å². The van der Waals surface area contributed by atoms with Gasteiger partial charge in [0.1, 0.15) is 4.60 Å². The number of hydrogen-bond donors (Lipinski definition) is 0. The van der Waals surface area contributed by atoms with Crippen LogP contribution < -0.4 is 0 Å². The summed E-state index contributed by atoms with van der Waals surface area (Å²) < 4.78 is 24.7. The largest absolute Gasteiger partial charge is 0.298 e. The van der Waals surface area contributed by atoms with E-state index in [-0.39, 0.29) is 15.7 Å². The highest BCUT2D eigenvalue weighted by atomic mass is 79.9. The third kappa shape index (κ3) is 2.09. The summed E-state index contributed by atoms with van der Waals surface area (Å²) in [5, 5.41) is 0. The molecule has 0 N–H and O–H groups in total. The summed E-state index contributed by atoms with van der Waals surface area (Å²) in [7, 11) is 0. The molecule has 5 heteroatoms. The van der Waals surface area contributed by atoms with Gasteiger partial charge in [-0.3, -0.25) is 4.79 Å². The molecule has 70 valence electrons. The number of aryl methyl sites for hydroxylation is 1. The van der Waals surface area contributed by atoms with E-state index in [1.807, 2.05) is 0 Å². The smallest absolute Gasteiger partial charge is 0.266 e. The number of carbonyl (C=O) groups excluding carboxylic acids is 1. The van der Waals surface area contributed by atoms with Crippen molar-refractivity contribution in [1.82, 2.24) is 4.98 Å². The molecule has 0 aliphatic heterocycles. The Kier molecular flexibility index (Phi) is 3.08. The van der Waals surface area contributed by atoms with Crippen molar-refractivity contribution in [3.05, 3.63) is 27.5 Å².